The molecule has 1 amide bonds. The number of halogens is 2. The summed E-state index contributed by atoms with van der Waals surface area (Å²) in [4.78, 5) is 23.2. The van der Waals surface area contributed by atoms with Crippen molar-refractivity contribution in [2.45, 2.75) is 26.0 Å². The van der Waals surface area contributed by atoms with Gasteiger partial charge in [-0.15, -0.1) is 0 Å². The third-order valence-electron chi connectivity index (χ3n) is 6.96. The number of piperazine rings is 1. The van der Waals surface area contributed by atoms with Gasteiger partial charge in [-0.25, -0.2) is 0 Å². The van der Waals surface area contributed by atoms with Crippen LogP contribution in [0.2, 0.25) is 10.0 Å². The molecule has 0 spiro atoms. The number of aromatic nitrogens is 1. The Hall–Kier alpha value is -3.15. The lowest BCUT2D eigenvalue weighted by Crippen LogP contribution is -2.49. The fraction of sp³-hybridized carbons (Fsp3) is 0.345. The number of carbonyl (C=O) groups excluding carboxylic acids is 1. The quantitative estimate of drug-likeness (QED) is 0.406. The minimum absolute atomic E-state index is 0.0410. The maximum Gasteiger partial charge on any atom is 0.255 e. The number of aliphatic hydroxyl groups is 1. The normalized spacial score (nSPS) is 16.6. The largest absolute Gasteiger partial charge is 0.385 e. The minimum Gasteiger partial charge on any atom is -0.385 e. The van der Waals surface area contributed by atoms with Crippen molar-refractivity contribution < 1.29 is 9.90 Å². The van der Waals surface area contributed by atoms with Gasteiger partial charge in [-0.1, -0.05) is 35.3 Å². The molecule has 1 N–H and O–H groups in total. The molecule has 198 valence electrons. The van der Waals surface area contributed by atoms with E-state index in [4.69, 9.17) is 23.2 Å². The Bertz CT molecular complexity index is 1290. The van der Waals surface area contributed by atoms with E-state index in [1.165, 1.54) is 0 Å². The predicted octanol–water partition coefficient (Wildman–Crippen LogP) is 5.34. The van der Waals surface area contributed by atoms with Gasteiger partial charge < -0.3 is 14.9 Å². The molecule has 3 aromatic rings. The van der Waals surface area contributed by atoms with Crippen LogP contribution in [0.4, 0.5) is 5.69 Å². The molecule has 0 saturated carbocycles. The molecule has 1 aliphatic heterocycles. The van der Waals surface area contributed by atoms with Crippen molar-refractivity contribution in [3.63, 3.8) is 0 Å². The Morgan fingerprint density at radius 3 is 2.47 bits per heavy atom. The minimum atomic E-state index is -0.802. The van der Waals surface area contributed by atoms with Crippen LogP contribution in [-0.2, 0) is 0 Å². The van der Waals surface area contributed by atoms with Gasteiger partial charge in [-0.05, 0) is 61.9 Å². The number of pyridine rings is 1. The molecular formula is C29H31Cl2N5O2. The van der Waals surface area contributed by atoms with E-state index in [-0.39, 0.29) is 11.9 Å². The molecule has 1 aliphatic rings. The third-order valence-corrected chi connectivity index (χ3v) is 7.52. The average Bonchev–Trinajstić information content (AvgIpc) is 2.94. The van der Waals surface area contributed by atoms with Crippen LogP contribution in [0.3, 0.4) is 0 Å². The smallest absolute Gasteiger partial charge is 0.255 e. The van der Waals surface area contributed by atoms with Gasteiger partial charge in [0.05, 0.1) is 39.6 Å². The summed E-state index contributed by atoms with van der Waals surface area (Å²) in [5, 5.41) is 21.4. The number of β-amino-alcohol motifs (C(OH)–C–C–N with tert-alkyl or cyclic N) is 1. The first-order valence-electron chi connectivity index (χ1n) is 12.7. The zero-order valence-corrected chi connectivity index (χ0v) is 23.0. The second kappa shape index (κ2) is 12.6. The Balaban J connectivity index is 1.51. The molecule has 2 atom stereocenters. The summed E-state index contributed by atoms with van der Waals surface area (Å²) in [6.07, 6.45) is 0.740. The first-order valence-corrected chi connectivity index (χ1v) is 13.5. The molecule has 0 radical (unpaired) electrons. The zero-order chi connectivity index (χ0) is 27.2. The molecule has 0 bridgehead atoms. The van der Waals surface area contributed by atoms with Gasteiger partial charge in [0, 0.05) is 50.5 Å². The van der Waals surface area contributed by atoms with Crippen molar-refractivity contribution in [1.29, 1.82) is 5.26 Å². The highest BCUT2D eigenvalue weighted by Gasteiger charge is 2.31. The van der Waals surface area contributed by atoms with Gasteiger partial charge in [0.2, 0.25) is 0 Å². The van der Waals surface area contributed by atoms with E-state index >= 15 is 0 Å². The SMILES string of the molecule is CCN(CC)C(=O)c1ccc([C@H](O)CN2CCN(c3ccc(C#N)cc3Cl)[C@H](c3ccc(Cl)cc3)C2)nc1. The van der Waals surface area contributed by atoms with E-state index < -0.39 is 6.10 Å². The van der Waals surface area contributed by atoms with Crippen LogP contribution in [0.1, 0.15) is 53.2 Å². The summed E-state index contributed by atoms with van der Waals surface area (Å²) in [7, 11) is 0. The number of anilines is 1. The Morgan fingerprint density at radius 2 is 1.87 bits per heavy atom. The highest BCUT2D eigenvalue weighted by Crippen LogP contribution is 2.36. The van der Waals surface area contributed by atoms with Gasteiger partial charge in [-0.3, -0.25) is 14.7 Å². The maximum absolute atomic E-state index is 12.6. The Labute approximate surface area is 233 Å². The van der Waals surface area contributed by atoms with Gasteiger partial charge in [0.1, 0.15) is 6.10 Å². The van der Waals surface area contributed by atoms with Crippen LogP contribution in [-0.4, -0.2) is 65.1 Å². The fourth-order valence-corrected chi connectivity index (χ4v) is 5.25. The summed E-state index contributed by atoms with van der Waals surface area (Å²) in [6.45, 7) is 7.58. The van der Waals surface area contributed by atoms with E-state index in [1.807, 2.05) is 44.2 Å². The second-order valence-corrected chi connectivity index (χ2v) is 10.1. The molecule has 0 unspecified atom stereocenters. The molecule has 1 saturated heterocycles. The predicted molar refractivity (Wildman–Crippen MR) is 151 cm³/mol. The Kier molecular flexibility index (Phi) is 9.24. The lowest BCUT2D eigenvalue weighted by molar-refractivity contribution is 0.0771. The number of hydrogen-bond donors (Lipinski definition) is 1. The molecule has 0 aliphatic carbocycles. The highest BCUT2D eigenvalue weighted by molar-refractivity contribution is 6.33. The van der Waals surface area contributed by atoms with Crippen LogP contribution in [0.5, 0.6) is 0 Å². The molecule has 7 nitrogen and oxygen atoms in total. The van der Waals surface area contributed by atoms with Gasteiger partial charge in [0.25, 0.3) is 5.91 Å². The molecule has 1 fully saturated rings. The highest BCUT2D eigenvalue weighted by atomic mass is 35.5. The van der Waals surface area contributed by atoms with Crippen LogP contribution >= 0.6 is 23.2 Å². The standard InChI is InChI=1S/C29H31Cl2N5O2/c1-3-35(4-2)29(38)22-8-11-25(33-17-22)28(37)19-34-13-14-36(26-12-5-20(16-32)15-24(26)31)27(18-34)21-6-9-23(30)10-7-21/h5-12,15,17,27-28,37H,3-4,13-14,18-19H2,1-2H3/t27-,28+/m0/s1. The maximum atomic E-state index is 12.6. The summed E-state index contributed by atoms with van der Waals surface area (Å²) in [6, 6.07) is 18.6. The summed E-state index contributed by atoms with van der Waals surface area (Å²) in [5.41, 5.74) is 3.50. The third kappa shape index (κ3) is 6.28. The molecular weight excluding hydrogens is 521 g/mol. The summed E-state index contributed by atoms with van der Waals surface area (Å²) >= 11 is 12.7. The van der Waals surface area contributed by atoms with Crippen LogP contribution < -0.4 is 4.90 Å². The lowest BCUT2D eigenvalue weighted by atomic mass is 10.0. The van der Waals surface area contributed by atoms with Crippen LogP contribution in [0.15, 0.2) is 60.8 Å². The number of rotatable bonds is 8. The number of carbonyl (C=O) groups is 1. The van der Waals surface area contributed by atoms with Crippen molar-refractivity contribution in [3.05, 3.63) is 93.2 Å². The summed E-state index contributed by atoms with van der Waals surface area (Å²) in [5.74, 6) is -0.0630. The monoisotopic (exact) mass is 551 g/mol. The van der Waals surface area contributed by atoms with Crippen LogP contribution in [0, 0.1) is 11.3 Å². The van der Waals surface area contributed by atoms with Crippen molar-refractivity contribution in [1.82, 2.24) is 14.8 Å². The first kappa shape index (κ1) is 27.9. The number of hydrogen-bond acceptors (Lipinski definition) is 6. The van der Waals surface area contributed by atoms with Gasteiger partial charge in [-0.2, -0.15) is 5.26 Å². The Morgan fingerprint density at radius 1 is 1.13 bits per heavy atom. The topological polar surface area (TPSA) is 83.7 Å². The van der Waals surface area contributed by atoms with Crippen molar-refractivity contribution in [2.75, 3.05) is 44.2 Å². The lowest BCUT2D eigenvalue weighted by Gasteiger charge is -2.44. The van der Waals surface area contributed by atoms with Crippen LogP contribution in [0.25, 0.3) is 0 Å². The van der Waals surface area contributed by atoms with Crippen molar-refractivity contribution in [2.24, 2.45) is 0 Å². The second-order valence-electron chi connectivity index (χ2n) is 9.26. The fourth-order valence-electron chi connectivity index (χ4n) is 4.83. The van der Waals surface area contributed by atoms with Crippen molar-refractivity contribution in [3.8, 4) is 6.07 Å². The van der Waals surface area contributed by atoms with E-state index in [2.05, 4.69) is 20.9 Å². The molecule has 2 heterocycles. The average molecular weight is 553 g/mol. The number of aliphatic hydroxyl groups excluding tert-OH is 1. The van der Waals surface area contributed by atoms with E-state index in [0.29, 0.717) is 66.1 Å². The number of benzene rings is 2. The van der Waals surface area contributed by atoms with E-state index in [0.717, 1.165) is 11.3 Å². The van der Waals surface area contributed by atoms with Gasteiger partial charge in [0.15, 0.2) is 0 Å². The first-order chi connectivity index (χ1) is 18.3. The number of nitriles is 1. The molecule has 9 heteroatoms. The van der Waals surface area contributed by atoms with E-state index in [1.54, 1.807) is 35.4 Å². The van der Waals surface area contributed by atoms with Gasteiger partial charge >= 0.3 is 0 Å². The molecule has 2 aromatic carbocycles. The molecule has 38 heavy (non-hydrogen) atoms. The van der Waals surface area contributed by atoms with E-state index in [9.17, 15) is 15.2 Å². The zero-order valence-electron chi connectivity index (χ0n) is 21.5. The number of amides is 1. The molecule has 4 rings (SSSR count). The summed E-state index contributed by atoms with van der Waals surface area (Å²) < 4.78 is 0. The molecule has 1 aromatic heterocycles. The number of nitrogens with zero attached hydrogens (tertiary/aromatic N) is 5. The van der Waals surface area contributed by atoms with Crippen molar-refractivity contribution >= 4 is 34.8 Å².